The maximum atomic E-state index is 13.0. The number of carbonyl (C=O) groups excluding carboxylic acids is 1. The average Bonchev–Trinajstić information content (AvgIpc) is 3.05. The molecule has 0 aliphatic carbocycles. The van der Waals surface area contributed by atoms with E-state index in [1.54, 1.807) is 48.0 Å². The molecule has 26 heavy (non-hydrogen) atoms. The van der Waals surface area contributed by atoms with Crippen LogP contribution in [0.25, 0.3) is 0 Å². The van der Waals surface area contributed by atoms with Gasteiger partial charge in [-0.05, 0) is 41.8 Å². The smallest absolute Gasteiger partial charge is 0.305 e. The van der Waals surface area contributed by atoms with Gasteiger partial charge >= 0.3 is 5.97 Å². The molecule has 0 unspecified atom stereocenters. The molecule has 2 heterocycles. The Morgan fingerprint density at radius 2 is 1.92 bits per heavy atom. The van der Waals surface area contributed by atoms with Crippen molar-refractivity contribution in [1.82, 2.24) is 9.47 Å². The van der Waals surface area contributed by atoms with Gasteiger partial charge < -0.3 is 24.0 Å². The van der Waals surface area contributed by atoms with Crippen LogP contribution in [-0.4, -0.2) is 47.2 Å². The molecule has 1 amide bonds. The molecule has 1 aromatic heterocycles. The van der Waals surface area contributed by atoms with E-state index in [-0.39, 0.29) is 12.3 Å². The van der Waals surface area contributed by atoms with Crippen LogP contribution in [0.2, 0.25) is 0 Å². The second-order valence-corrected chi connectivity index (χ2v) is 6.27. The number of hydrogen-bond donors (Lipinski definition) is 1. The Labute approximate surface area is 151 Å². The normalized spacial score (nSPS) is 16.1. The van der Waals surface area contributed by atoms with Crippen LogP contribution in [0.15, 0.2) is 30.5 Å². The van der Waals surface area contributed by atoms with Crippen molar-refractivity contribution < 1.29 is 24.2 Å². The summed E-state index contributed by atoms with van der Waals surface area (Å²) in [6.45, 7) is 0.449. The van der Waals surface area contributed by atoms with Gasteiger partial charge in [0, 0.05) is 19.8 Å². The lowest BCUT2D eigenvalue weighted by Gasteiger charge is -2.37. The zero-order chi connectivity index (χ0) is 18.8. The lowest BCUT2D eigenvalue weighted by Crippen LogP contribution is -2.41. The minimum absolute atomic E-state index is 0.168. The molecule has 2 aromatic rings. The number of ether oxygens (including phenoxy) is 2. The first-order valence-electron chi connectivity index (χ1n) is 8.35. The van der Waals surface area contributed by atoms with E-state index < -0.39 is 12.0 Å². The molecule has 0 radical (unpaired) electrons. The largest absolute Gasteiger partial charge is 0.493 e. The van der Waals surface area contributed by atoms with Crippen molar-refractivity contribution >= 4 is 11.9 Å². The molecule has 0 saturated heterocycles. The zero-order valence-corrected chi connectivity index (χ0v) is 15.1. The number of carboxylic acids is 1. The fraction of sp³-hybridized carbons (Fsp3) is 0.368. The molecule has 1 N–H and O–H groups in total. The summed E-state index contributed by atoms with van der Waals surface area (Å²) in [6.07, 6.45) is 2.26. The average molecular weight is 358 g/mol. The molecule has 0 bridgehead atoms. The Balaban J connectivity index is 2.05. The van der Waals surface area contributed by atoms with E-state index >= 15 is 0 Å². The van der Waals surface area contributed by atoms with E-state index in [2.05, 4.69) is 0 Å². The molecular weight excluding hydrogens is 336 g/mol. The van der Waals surface area contributed by atoms with Gasteiger partial charge in [-0.2, -0.15) is 0 Å². The third-order valence-electron chi connectivity index (χ3n) is 4.79. The molecule has 7 nitrogen and oxygen atoms in total. The number of carbonyl (C=O) groups is 2. The number of benzene rings is 1. The van der Waals surface area contributed by atoms with Crippen LogP contribution < -0.4 is 9.47 Å². The second kappa shape index (κ2) is 7.11. The lowest BCUT2D eigenvalue weighted by molar-refractivity contribution is -0.138. The number of aliphatic carboxylic acids is 1. The zero-order valence-electron chi connectivity index (χ0n) is 15.1. The number of rotatable bonds is 5. The van der Waals surface area contributed by atoms with Crippen molar-refractivity contribution in [1.29, 1.82) is 0 Å². The summed E-state index contributed by atoms with van der Waals surface area (Å²) < 4.78 is 12.4. The van der Waals surface area contributed by atoms with Gasteiger partial charge in [0.05, 0.1) is 26.7 Å². The fourth-order valence-electron chi connectivity index (χ4n) is 3.49. The maximum Gasteiger partial charge on any atom is 0.305 e. The molecule has 0 saturated carbocycles. The summed E-state index contributed by atoms with van der Waals surface area (Å²) in [4.78, 5) is 26.1. The highest BCUT2D eigenvalue weighted by Gasteiger charge is 2.34. The Hall–Kier alpha value is -2.96. The van der Waals surface area contributed by atoms with Gasteiger partial charge in [-0.15, -0.1) is 0 Å². The number of amides is 1. The van der Waals surface area contributed by atoms with Crippen LogP contribution >= 0.6 is 0 Å². The molecule has 1 atom stereocenters. The van der Waals surface area contributed by atoms with Crippen LogP contribution in [0.5, 0.6) is 11.5 Å². The number of hydrogen-bond acceptors (Lipinski definition) is 4. The van der Waals surface area contributed by atoms with E-state index in [0.717, 1.165) is 11.1 Å². The van der Waals surface area contributed by atoms with Crippen LogP contribution in [0.3, 0.4) is 0 Å². The first kappa shape index (κ1) is 17.8. The summed E-state index contributed by atoms with van der Waals surface area (Å²) >= 11 is 0. The third-order valence-corrected chi connectivity index (χ3v) is 4.79. The number of carboxylic acid groups (broad SMARTS) is 1. The van der Waals surface area contributed by atoms with Crippen molar-refractivity contribution in [2.24, 2.45) is 7.05 Å². The molecule has 1 aromatic carbocycles. The number of fused-ring (bicyclic) bond motifs is 1. The molecule has 1 aliphatic rings. The molecule has 1 aliphatic heterocycles. The summed E-state index contributed by atoms with van der Waals surface area (Å²) in [6, 6.07) is 6.63. The summed E-state index contributed by atoms with van der Waals surface area (Å²) in [5, 5.41) is 9.40. The van der Waals surface area contributed by atoms with E-state index in [0.29, 0.717) is 30.2 Å². The van der Waals surface area contributed by atoms with Gasteiger partial charge in [0.1, 0.15) is 5.69 Å². The summed E-state index contributed by atoms with van der Waals surface area (Å²) in [5.74, 6) is -0.0103. The highest BCUT2D eigenvalue weighted by molar-refractivity contribution is 5.93. The van der Waals surface area contributed by atoms with Gasteiger partial charge in [-0.1, -0.05) is 0 Å². The van der Waals surface area contributed by atoms with Gasteiger partial charge in [0.15, 0.2) is 11.5 Å². The maximum absolute atomic E-state index is 13.0. The molecule has 3 rings (SSSR count). The third kappa shape index (κ3) is 3.12. The van der Waals surface area contributed by atoms with Crippen LogP contribution in [0, 0.1) is 0 Å². The lowest BCUT2D eigenvalue weighted by atomic mass is 9.89. The van der Waals surface area contributed by atoms with Crippen molar-refractivity contribution in [3.05, 3.63) is 47.3 Å². The van der Waals surface area contributed by atoms with Crippen LogP contribution in [0.4, 0.5) is 0 Å². The topological polar surface area (TPSA) is 81.0 Å². The van der Waals surface area contributed by atoms with E-state index in [1.807, 2.05) is 6.07 Å². The quantitative estimate of drug-likeness (QED) is 0.887. The van der Waals surface area contributed by atoms with Crippen molar-refractivity contribution in [3.63, 3.8) is 0 Å². The number of methoxy groups -OCH3 is 2. The predicted molar refractivity (Wildman–Crippen MR) is 94.7 cm³/mol. The van der Waals surface area contributed by atoms with Gasteiger partial charge in [0.25, 0.3) is 5.91 Å². The minimum Gasteiger partial charge on any atom is -0.493 e. The fourth-order valence-corrected chi connectivity index (χ4v) is 3.49. The Bertz CT molecular complexity index is 842. The standard InChI is InChI=1S/C19H22N2O5/c1-20-7-4-5-14(20)19(24)21-8-6-12-9-16(25-2)17(26-3)10-13(12)15(21)11-18(22)23/h4-5,7,9-10,15H,6,8,11H2,1-3H3,(H,22,23)/t15-/m0/s1. The Morgan fingerprint density at radius 1 is 1.23 bits per heavy atom. The monoisotopic (exact) mass is 358 g/mol. The molecule has 0 spiro atoms. The van der Waals surface area contributed by atoms with Gasteiger partial charge in [-0.3, -0.25) is 9.59 Å². The first-order chi connectivity index (χ1) is 12.5. The van der Waals surface area contributed by atoms with E-state index in [9.17, 15) is 14.7 Å². The van der Waals surface area contributed by atoms with E-state index in [4.69, 9.17) is 9.47 Å². The first-order valence-corrected chi connectivity index (χ1v) is 8.35. The highest BCUT2D eigenvalue weighted by atomic mass is 16.5. The van der Waals surface area contributed by atoms with Crippen molar-refractivity contribution in [3.8, 4) is 11.5 Å². The number of nitrogens with zero attached hydrogens (tertiary/aromatic N) is 2. The summed E-state index contributed by atoms with van der Waals surface area (Å²) in [7, 11) is 4.89. The highest BCUT2D eigenvalue weighted by Crippen LogP contribution is 2.39. The van der Waals surface area contributed by atoms with E-state index in [1.165, 1.54) is 7.11 Å². The van der Waals surface area contributed by atoms with Crippen molar-refractivity contribution in [2.75, 3.05) is 20.8 Å². The molecular formula is C19H22N2O5. The minimum atomic E-state index is -0.956. The molecule has 0 fully saturated rings. The molecule has 138 valence electrons. The second-order valence-electron chi connectivity index (χ2n) is 6.27. The van der Waals surface area contributed by atoms with Gasteiger partial charge in [0.2, 0.25) is 0 Å². The predicted octanol–water partition coefficient (Wildman–Crippen LogP) is 2.26. The summed E-state index contributed by atoms with van der Waals surface area (Å²) in [5.41, 5.74) is 2.30. The van der Waals surface area contributed by atoms with Crippen LogP contribution in [0.1, 0.15) is 34.1 Å². The van der Waals surface area contributed by atoms with Crippen LogP contribution in [-0.2, 0) is 18.3 Å². The number of aromatic nitrogens is 1. The SMILES string of the molecule is COc1cc2c(cc1OC)[C@H](CC(=O)O)N(C(=O)c1cccn1C)CC2. The number of aryl methyl sites for hydroxylation is 1. The molecule has 7 heteroatoms. The van der Waals surface area contributed by atoms with Crippen molar-refractivity contribution in [2.45, 2.75) is 18.9 Å². The Kier molecular flexibility index (Phi) is 4.88. The van der Waals surface area contributed by atoms with Gasteiger partial charge in [-0.25, -0.2) is 0 Å². The Morgan fingerprint density at radius 3 is 2.50 bits per heavy atom.